The molecule has 0 saturated carbocycles. The third-order valence-electron chi connectivity index (χ3n) is 7.44. The molecule has 0 spiro atoms. The Balaban J connectivity index is 1.23. The quantitative estimate of drug-likeness (QED) is 0.218. The van der Waals surface area contributed by atoms with Gasteiger partial charge in [0.25, 0.3) is 0 Å². The third kappa shape index (κ3) is 6.08. The SMILES string of the molecule is N#Cc1ccc(COc2cccc(-c3ccc(Cc4nc5ccc(C(=O)O)cc5n4C[C@@H]4CCCO4)cc3F)n2)c(F)c1. The molecule has 6 rings (SSSR count). The number of benzene rings is 3. The molecule has 1 atom stereocenters. The highest BCUT2D eigenvalue weighted by atomic mass is 19.1. The highest BCUT2D eigenvalue weighted by Gasteiger charge is 2.21. The zero-order valence-corrected chi connectivity index (χ0v) is 23.0. The number of halogens is 2. The van der Waals surface area contributed by atoms with E-state index in [0.717, 1.165) is 18.9 Å². The van der Waals surface area contributed by atoms with E-state index in [1.54, 1.807) is 42.5 Å². The van der Waals surface area contributed by atoms with Crippen LogP contribution in [0.1, 0.15) is 45.7 Å². The Hall–Kier alpha value is -5.14. The van der Waals surface area contributed by atoms with Crippen LogP contribution >= 0.6 is 0 Å². The molecule has 0 amide bonds. The molecule has 1 aliphatic heterocycles. The van der Waals surface area contributed by atoms with Crippen LogP contribution in [-0.4, -0.2) is 38.3 Å². The molecule has 1 saturated heterocycles. The second-order valence-electron chi connectivity index (χ2n) is 10.3. The van der Waals surface area contributed by atoms with Crippen molar-refractivity contribution in [3.05, 3.63) is 113 Å². The fourth-order valence-electron chi connectivity index (χ4n) is 5.23. The van der Waals surface area contributed by atoms with E-state index >= 15 is 4.39 Å². The van der Waals surface area contributed by atoms with E-state index in [9.17, 15) is 14.3 Å². The minimum absolute atomic E-state index is 0.00211. The van der Waals surface area contributed by atoms with Gasteiger partial charge in [0.1, 0.15) is 24.1 Å². The lowest BCUT2D eigenvalue weighted by Crippen LogP contribution is -2.17. The largest absolute Gasteiger partial charge is 0.478 e. The summed E-state index contributed by atoms with van der Waals surface area (Å²) in [7, 11) is 0. The summed E-state index contributed by atoms with van der Waals surface area (Å²) in [5.74, 6) is -1.16. The first kappa shape index (κ1) is 28.0. The first-order chi connectivity index (χ1) is 20.9. The van der Waals surface area contributed by atoms with E-state index in [0.29, 0.717) is 47.7 Å². The number of fused-ring (bicyclic) bond motifs is 1. The van der Waals surface area contributed by atoms with Crippen molar-refractivity contribution in [2.24, 2.45) is 0 Å². The minimum Gasteiger partial charge on any atom is -0.478 e. The number of carboxylic acids is 1. The number of hydrogen-bond acceptors (Lipinski definition) is 6. The predicted molar refractivity (Wildman–Crippen MR) is 154 cm³/mol. The summed E-state index contributed by atoms with van der Waals surface area (Å²) < 4.78 is 43.1. The van der Waals surface area contributed by atoms with E-state index < -0.39 is 17.6 Å². The molecule has 3 aromatic carbocycles. The van der Waals surface area contributed by atoms with Crippen LogP contribution in [0.3, 0.4) is 0 Å². The molecular formula is C33H26F2N4O4. The van der Waals surface area contributed by atoms with Gasteiger partial charge in [0.15, 0.2) is 0 Å². The van der Waals surface area contributed by atoms with Gasteiger partial charge in [-0.1, -0.05) is 18.2 Å². The van der Waals surface area contributed by atoms with Gasteiger partial charge in [-0.25, -0.2) is 23.5 Å². The molecule has 1 aliphatic rings. The van der Waals surface area contributed by atoms with Crippen molar-refractivity contribution in [2.75, 3.05) is 6.61 Å². The lowest BCUT2D eigenvalue weighted by Gasteiger charge is -2.15. The lowest BCUT2D eigenvalue weighted by atomic mass is 10.1. The molecule has 43 heavy (non-hydrogen) atoms. The summed E-state index contributed by atoms with van der Waals surface area (Å²) in [4.78, 5) is 20.8. The number of nitriles is 1. The molecule has 1 fully saturated rings. The first-order valence-electron chi connectivity index (χ1n) is 13.8. The van der Waals surface area contributed by atoms with Crippen LogP contribution in [0.4, 0.5) is 8.78 Å². The van der Waals surface area contributed by atoms with Gasteiger partial charge in [-0.15, -0.1) is 0 Å². The Bertz CT molecular complexity index is 1880. The minimum atomic E-state index is -1.02. The Labute approximate surface area is 245 Å². The predicted octanol–water partition coefficient (Wildman–Crippen LogP) is 6.30. The van der Waals surface area contributed by atoms with Crippen LogP contribution in [0.2, 0.25) is 0 Å². The number of aromatic nitrogens is 3. The smallest absolute Gasteiger partial charge is 0.335 e. The molecule has 0 aliphatic carbocycles. The summed E-state index contributed by atoms with van der Waals surface area (Å²) >= 11 is 0. The summed E-state index contributed by atoms with van der Waals surface area (Å²) in [5, 5.41) is 18.4. The second kappa shape index (κ2) is 12.0. The maximum Gasteiger partial charge on any atom is 0.335 e. The normalized spacial score (nSPS) is 14.6. The molecule has 1 N–H and O–H groups in total. The maximum atomic E-state index is 15.5. The molecule has 8 nitrogen and oxygen atoms in total. The molecule has 0 bridgehead atoms. The molecule has 10 heteroatoms. The van der Waals surface area contributed by atoms with Gasteiger partial charge >= 0.3 is 5.97 Å². The monoisotopic (exact) mass is 580 g/mol. The number of aromatic carboxylic acids is 1. The number of carbonyl (C=O) groups is 1. The standard InChI is InChI=1S/C33H26F2N4O4/c34-26-14-21(17-36)6-8-23(26)19-43-32-5-1-4-28(38-32)25-10-7-20(13-27(25)35)15-31-37-29-11-9-22(33(40)41)16-30(29)39(31)18-24-3-2-12-42-24/h1,4-11,13-14,16,24H,2-3,12,15,18-19H2,(H,40,41)/t24-/m0/s1. The zero-order chi connectivity index (χ0) is 29.9. The van der Waals surface area contributed by atoms with Gasteiger partial charge in [0.2, 0.25) is 5.88 Å². The van der Waals surface area contributed by atoms with Crippen LogP contribution in [0.15, 0.2) is 72.8 Å². The summed E-state index contributed by atoms with van der Waals surface area (Å²) in [5.41, 5.74) is 3.34. The fraction of sp³-hybridized carbons (Fsp3) is 0.212. The number of pyridine rings is 1. The van der Waals surface area contributed by atoms with E-state index in [1.165, 1.54) is 24.3 Å². The average molecular weight is 581 g/mol. The number of ether oxygens (including phenoxy) is 2. The van der Waals surface area contributed by atoms with Crippen LogP contribution in [0.5, 0.6) is 5.88 Å². The highest BCUT2D eigenvalue weighted by Crippen LogP contribution is 2.27. The van der Waals surface area contributed by atoms with Gasteiger partial charge in [-0.3, -0.25) is 0 Å². The molecule has 3 heterocycles. The van der Waals surface area contributed by atoms with Crippen molar-refractivity contribution in [3.63, 3.8) is 0 Å². The van der Waals surface area contributed by atoms with Crippen LogP contribution in [-0.2, 0) is 24.3 Å². The van der Waals surface area contributed by atoms with E-state index in [2.05, 4.69) is 4.98 Å². The number of imidazole rings is 1. The third-order valence-corrected chi connectivity index (χ3v) is 7.44. The van der Waals surface area contributed by atoms with Crippen molar-refractivity contribution < 1.29 is 28.2 Å². The molecule has 216 valence electrons. The number of hydrogen-bond donors (Lipinski definition) is 1. The summed E-state index contributed by atoms with van der Waals surface area (Å²) in [6.45, 7) is 1.11. The van der Waals surface area contributed by atoms with E-state index in [4.69, 9.17) is 19.7 Å². The molecule has 0 unspecified atom stereocenters. The first-order valence-corrected chi connectivity index (χ1v) is 13.8. The highest BCUT2D eigenvalue weighted by molar-refractivity contribution is 5.92. The zero-order valence-electron chi connectivity index (χ0n) is 23.0. The average Bonchev–Trinajstić information content (AvgIpc) is 3.64. The van der Waals surface area contributed by atoms with Crippen LogP contribution in [0, 0.1) is 23.0 Å². The van der Waals surface area contributed by atoms with Gasteiger partial charge in [0.05, 0.1) is 46.6 Å². The molecular weight excluding hydrogens is 554 g/mol. The Morgan fingerprint density at radius 3 is 2.70 bits per heavy atom. The Morgan fingerprint density at radius 2 is 1.95 bits per heavy atom. The molecule has 5 aromatic rings. The summed E-state index contributed by atoms with van der Waals surface area (Å²) in [6.07, 6.45) is 2.19. The van der Waals surface area contributed by atoms with Gasteiger partial charge in [-0.05, 0) is 66.9 Å². The van der Waals surface area contributed by atoms with Gasteiger partial charge in [0, 0.05) is 30.2 Å². The second-order valence-corrected chi connectivity index (χ2v) is 10.3. The number of carboxylic acid groups (broad SMARTS) is 1. The van der Waals surface area contributed by atoms with Crippen molar-refractivity contribution >= 4 is 17.0 Å². The fourth-order valence-corrected chi connectivity index (χ4v) is 5.23. The van der Waals surface area contributed by atoms with Crippen molar-refractivity contribution in [1.82, 2.24) is 14.5 Å². The number of nitrogens with zero attached hydrogens (tertiary/aromatic N) is 4. The van der Waals surface area contributed by atoms with E-state index in [-0.39, 0.29) is 40.8 Å². The Morgan fingerprint density at radius 1 is 1.07 bits per heavy atom. The number of rotatable bonds is 9. The van der Waals surface area contributed by atoms with Crippen molar-refractivity contribution in [1.29, 1.82) is 5.26 Å². The molecule has 0 radical (unpaired) electrons. The van der Waals surface area contributed by atoms with E-state index in [1.807, 2.05) is 10.6 Å². The maximum absolute atomic E-state index is 15.5. The van der Waals surface area contributed by atoms with Crippen molar-refractivity contribution in [2.45, 2.75) is 38.5 Å². The van der Waals surface area contributed by atoms with Crippen LogP contribution in [0.25, 0.3) is 22.3 Å². The topological polar surface area (TPSA) is 110 Å². The Kier molecular flexibility index (Phi) is 7.81. The summed E-state index contributed by atoms with van der Waals surface area (Å²) in [6, 6.07) is 20.7. The van der Waals surface area contributed by atoms with Gasteiger partial charge < -0.3 is 19.1 Å². The van der Waals surface area contributed by atoms with Crippen molar-refractivity contribution in [3.8, 4) is 23.2 Å². The molecule has 2 aromatic heterocycles. The lowest BCUT2D eigenvalue weighted by molar-refractivity contribution is 0.0697. The van der Waals surface area contributed by atoms with Crippen LogP contribution < -0.4 is 4.74 Å². The van der Waals surface area contributed by atoms with Gasteiger partial charge in [-0.2, -0.15) is 5.26 Å².